The molecule has 3 rings (SSSR count). The van der Waals surface area contributed by atoms with Crippen LogP contribution in [0.1, 0.15) is 66.7 Å². The van der Waals surface area contributed by atoms with Crippen molar-refractivity contribution in [1.82, 2.24) is 4.57 Å². The van der Waals surface area contributed by atoms with Gasteiger partial charge in [-0.2, -0.15) is 0 Å². The van der Waals surface area contributed by atoms with Crippen LogP contribution in [0, 0.1) is 12.8 Å². The fraction of sp³-hybridized carbons (Fsp3) is 0.688. The van der Waals surface area contributed by atoms with E-state index < -0.39 is 0 Å². The number of aromatic nitrogens is 1. The lowest BCUT2D eigenvalue weighted by molar-refractivity contribution is 0.0971. The highest BCUT2D eigenvalue weighted by molar-refractivity contribution is 5.98. The minimum absolute atomic E-state index is 0.363. The van der Waals surface area contributed by atoms with E-state index in [9.17, 15) is 4.79 Å². The van der Waals surface area contributed by atoms with E-state index in [1.54, 1.807) is 0 Å². The fourth-order valence-electron chi connectivity index (χ4n) is 3.67. The van der Waals surface area contributed by atoms with E-state index in [-0.39, 0.29) is 0 Å². The highest BCUT2D eigenvalue weighted by atomic mass is 16.1. The van der Waals surface area contributed by atoms with Crippen LogP contribution in [-0.4, -0.2) is 10.4 Å². The molecule has 1 heterocycles. The number of aryl methyl sites for hydroxylation is 1. The maximum Gasteiger partial charge on any atom is 0.164 e. The molecule has 98 valence electrons. The zero-order valence-corrected chi connectivity index (χ0v) is 11.4. The average Bonchev–Trinajstić information content (AvgIpc) is 2.70. The molecule has 0 saturated heterocycles. The Hall–Kier alpha value is -1.05. The highest BCUT2D eigenvalue weighted by Crippen LogP contribution is 2.30. The van der Waals surface area contributed by atoms with Crippen LogP contribution < -0.4 is 0 Å². The first kappa shape index (κ1) is 12.0. The fourth-order valence-corrected chi connectivity index (χ4v) is 3.67. The summed E-state index contributed by atoms with van der Waals surface area (Å²) in [6, 6.07) is 2.12. The number of Topliss-reactive ketones (excluding diaryl/α,β-unsaturated/α-hetero) is 1. The van der Waals surface area contributed by atoms with Crippen molar-refractivity contribution in [2.45, 2.75) is 64.8 Å². The standard InChI is InChI=1S/C16H23NO/c1-12-10-14-15(8-5-9-16(14)18)17(12)11-13-6-3-2-4-7-13/h10,13H,2-9,11H2,1H3. The maximum absolute atomic E-state index is 11.9. The van der Waals surface area contributed by atoms with Crippen LogP contribution in [0.15, 0.2) is 6.07 Å². The van der Waals surface area contributed by atoms with Gasteiger partial charge in [-0.1, -0.05) is 19.3 Å². The van der Waals surface area contributed by atoms with Gasteiger partial charge in [0.25, 0.3) is 0 Å². The van der Waals surface area contributed by atoms with Crippen LogP contribution in [-0.2, 0) is 13.0 Å². The van der Waals surface area contributed by atoms with E-state index >= 15 is 0 Å². The summed E-state index contributed by atoms with van der Waals surface area (Å²) in [7, 11) is 0. The SMILES string of the molecule is Cc1cc2c(n1CC1CCCCC1)CCCC2=O. The Morgan fingerprint density at radius 3 is 2.72 bits per heavy atom. The van der Waals surface area contributed by atoms with Gasteiger partial charge in [0.2, 0.25) is 0 Å². The number of hydrogen-bond acceptors (Lipinski definition) is 1. The van der Waals surface area contributed by atoms with Gasteiger partial charge in [0.15, 0.2) is 5.78 Å². The van der Waals surface area contributed by atoms with Gasteiger partial charge in [-0.15, -0.1) is 0 Å². The molecule has 0 spiro atoms. The van der Waals surface area contributed by atoms with Crippen LogP contribution in [0.5, 0.6) is 0 Å². The second kappa shape index (κ2) is 4.91. The van der Waals surface area contributed by atoms with Crippen LogP contribution in [0.2, 0.25) is 0 Å². The molecule has 1 aromatic rings. The number of carbonyl (C=O) groups excluding carboxylic acids is 1. The third-order valence-corrected chi connectivity index (χ3v) is 4.70. The summed E-state index contributed by atoms with van der Waals surface area (Å²) in [5.74, 6) is 1.20. The van der Waals surface area contributed by atoms with E-state index in [4.69, 9.17) is 0 Å². The molecule has 0 radical (unpaired) electrons. The number of fused-ring (bicyclic) bond motifs is 1. The summed E-state index contributed by atoms with van der Waals surface area (Å²) < 4.78 is 2.45. The van der Waals surface area contributed by atoms with Gasteiger partial charge in [-0.05, 0) is 44.6 Å². The summed E-state index contributed by atoms with van der Waals surface area (Å²) in [6.07, 6.45) is 9.85. The number of carbonyl (C=O) groups is 1. The molecule has 0 amide bonds. The Labute approximate surface area is 109 Å². The molecule has 2 aliphatic rings. The first-order valence-corrected chi connectivity index (χ1v) is 7.48. The second-order valence-corrected chi connectivity index (χ2v) is 6.04. The van der Waals surface area contributed by atoms with E-state index in [0.29, 0.717) is 5.78 Å². The monoisotopic (exact) mass is 245 g/mol. The average molecular weight is 245 g/mol. The van der Waals surface area contributed by atoms with Crippen LogP contribution in [0.3, 0.4) is 0 Å². The van der Waals surface area contributed by atoms with Gasteiger partial charge in [0.1, 0.15) is 0 Å². The quantitative estimate of drug-likeness (QED) is 0.774. The van der Waals surface area contributed by atoms with Crippen molar-refractivity contribution < 1.29 is 4.79 Å². The summed E-state index contributed by atoms with van der Waals surface area (Å²) in [4.78, 5) is 11.9. The molecule has 0 unspecified atom stereocenters. The Morgan fingerprint density at radius 1 is 1.17 bits per heavy atom. The third kappa shape index (κ3) is 2.13. The molecule has 2 heteroatoms. The van der Waals surface area contributed by atoms with Crippen LogP contribution in [0.25, 0.3) is 0 Å². The first-order chi connectivity index (χ1) is 8.75. The van der Waals surface area contributed by atoms with E-state index in [1.165, 1.54) is 43.5 Å². The number of ketones is 1. The molecule has 18 heavy (non-hydrogen) atoms. The van der Waals surface area contributed by atoms with Crippen molar-refractivity contribution in [3.05, 3.63) is 23.0 Å². The number of nitrogens with zero attached hydrogens (tertiary/aromatic N) is 1. The smallest absolute Gasteiger partial charge is 0.164 e. The molecular weight excluding hydrogens is 222 g/mol. The zero-order chi connectivity index (χ0) is 12.5. The lowest BCUT2D eigenvalue weighted by Gasteiger charge is -2.25. The maximum atomic E-state index is 11.9. The normalized spacial score (nSPS) is 21.1. The summed E-state index contributed by atoms with van der Waals surface area (Å²) in [5.41, 5.74) is 3.64. The number of hydrogen-bond donors (Lipinski definition) is 0. The summed E-state index contributed by atoms with van der Waals surface area (Å²) in [6.45, 7) is 3.31. The molecule has 1 saturated carbocycles. The van der Waals surface area contributed by atoms with E-state index in [0.717, 1.165) is 37.3 Å². The van der Waals surface area contributed by atoms with Crippen molar-refractivity contribution >= 4 is 5.78 Å². The van der Waals surface area contributed by atoms with Crippen molar-refractivity contribution in [2.75, 3.05) is 0 Å². The molecule has 0 aliphatic heterocycles. The lowest BCUT2D eigenvalue weighted by Crippen LogP contribution is -2.19. The van der Waals surface area contributed by atoms with Crippen molar-refractivity contribution in [3.63, 3.8) is 0 Å². The van der Waals surface area contributed by atoms with Gasteiger partial charge >= 0.3 is 0 Å². The molecule has 2 aliphatic carbocycles. The topological polar surface area (TPSA) is 22.0 Å². The van der Waals surface area contributed by atoms with Gasteiger partial charge in [0, 0.05) is 29.9 Å². The predicted molar refractivity (Wildman–Crippen MR) is 73.0 cm³/mol. The second-order valence-electron chi connectivity index (χ2n) is 6.04. The Morgan fingerprint density at radius 2 is 1.94 bits per heavy atom. The third-order valence-electron chi connectivity index (χ3n) is 4.70. The molecule has 0 atom stereocenters. The van der Waals surface area contributed by atoms with Crippen LogP contribution in [0.4, 0.5) is 0 Å². The zero-order valence-electron chi connectivity index (χ0n) is 11.4. The molecule has 0 bridgehead atoms. The highest BCUT2D eigenvalue weighted by Gasteiger charge is 2.24. The Bertz CT molecular complexity index is 452. The summed E-state index contributed by atoms with van der Waals surface area (Å²) >= 11 is 0. The minimum Gasteiger partial charge on any atom is -0.348 e. The first-order valence-electron chi connectivity index (χ1n) is 7.48. The van der Waals surface area contributed by atoms with Gasteiger partial charge < -0.3 is 4.57 Å². The number of rotatable bonds is 2. The molecule has 1 fully saturated rings. The molecule has 2 nitrogen and oxygen atoms in total. The minimum atomic E-state index is 0.363. The van der Waals surface area contributed by atoms with E-state index in [2.05, 4.69) is 17.6 Å². The summed E-state index contributed by atoms with van der Waals surface area (Å²) in [5, 5.41) is 0. The molecular formula is C16H23NO. The van der Waals surface area contributed by atoms with Crippen molar-refractivity contribution in [1.29, 1.82) is 0 Å². The van der Waals surface area contributed by atoms with Crippen molar-refractivity contribution in [3.8, 4) is 0 Å². The Kier molecular flexibility index (Phi) is 3.27. The van der Waals surface area contributed by atoms with E-state index in [1.807, 2.05) is 0 Å². The lowest BCUT2D eigenvalue weighted by atomic mass is 9.89. The molecule has 0 aromatic carbocycles. The predicted octanol–water partition coefficient (Wildman–Crippen LogP) is 3.90. The Balaban J connectivity index is 1.85. The van der Waals surface area contributed by atoms with Gasteiger partial charge in [0.05, 0.1) is 0 Å². The van der Waals surface area contributed by atoms with Gasteiger partial charge in [-0.25, -0.2) is 0 Å². The van der Waals surface area contributed by atoms with Gasteiger partial charge in [-0.3, -0.25) is 4.79 Å². The van der Waals surface area contributed by atoms with Crippen molar-refractivity contribution in [2.24, 2.45) is 5.92 Å². The van der Waals surface area contributed by atoms with Crippen LogP contribution >= 0.6 is 0 Å². The largest absolute Gasteiger partial charge is 0.348 e. The molecule has 0 N–H and O–H groups in total. The molecule has 1 aromatic heterocycles.